The predicted molar refractivity (Wildman–Crippen MR) is 172 cm³/mol. The molecule has 0 bridgehead atoms. The first kappa shape index (κ1) is 31.6. The van der Waals surface area contributed by atoms with Crippen molar-refractivity contribution in [2.24, 2.45) is 4.99 Å². The molecule has 0 unspecified atom stereocenters. The van der Waals surface area contributed by atoms with Crippen molar-refractivity contribution in [3.05, 3.63) is 107 Å². The molecule has 0 saturated heterocycles. The second kappa shape index (κ2) is 13.8. The fourth-order valence-electron chi connectivity index (χ4n) is 5.00. The molecule has 3 aromatic carbocycles. The van der Waals surface area contributed by atoms with Crippen LogP contribution in [0.4, 0.5) is 0 Å². The van der Waals surface area contributed by atoms with Crippen LogP contribution in [-0.4, -0.2) is 45.1 Å². The van der Waals surface area contributed by atoms with E-state index < -0.39 is 12.0 Å². The second-order valence-electron chi connectivity index (χ2n) is 9.53. The van der Waals surface area contributed by atoms with Crippen LogP contribution in [0.1, 0.15) is 29.7 Å². The second-order valence-corrected chi connectivity index (χ2v) is 11.4. The van der Waals surface area contributed by atoms with Gasteiger partial charge in [0.2, 0.25) is 0 Å². The van der Waals surface area contributed by atoms with Crippen LogP contribution in [0.25, 0.3) is 11.8 Å². The van der Waals surface area contributed by atoms with Gasteiger partial charge in [0.05, 0.1) is 54.3 Å². The summed E-state index contributed by atoms with van der Waals surface area (Å²) in [4.78, 5) is 33.2. The summed E-state index contributed by atoms with van der Waals surface area (Å²) < 4.78 is 30.0. The highest BCUT2D eigenvalue weighted by atomic mass is 79.9. The van der Waals surface area contributed by atoms with Crippen molar-refractivity contribution >= 4 is 45.0 Å². The number of hydrogen-bond donors (Lipinski definition) is 0. The predicted octanol–water partition coefficient (Wildman–Crippen LogP) is 4.63. The summed E-state index contributed by atoms with van der Waals surface area (Å²) in [5.74, 6) is 1.11. The number of nitrogens with zero attached hydrogens (tertiary/aromatic N) is 3. The third kappa shape index (κ3) is 6.22. The lowest BCUT2D eigenvalue weighted by molar-refractivity contribution is -0.138. The Labute approximate surface area is 271 Å². The number of nitriles is 1. The molecule has 0 spiro atoms. The number of carbonyl (C=O) groups excluding carboxylic acids is 1. The molecule has 5 rings (SSSR count). The fourth-order valence-corrected chi connectivity index (χ4v) is 6.57. The minimum atomic E-state index is -0.888. The van der Waals surface area contributed by atoms with E-state index in [9.17, 15) is 9.59 Å². The van der Waals surface area contributed by atoms with Gasteiger partial charge < -0.3 is 23.7 Å². The molecule has 230 valence electrons. The van der Waals surface area contributed by atoms with E-state index in [0.717, 1.165) is 0 Å². The van der Waals surface area contributed by atoms with E-state index >= 15 is 0 Å². The molecule has 10 nitrogen and oxygen atoms in total. The van der Waals surface area contributed by atoms with Crippen LogP contribution < -0.4 is 33.8 Å². The molecule has 0 aliphatic carbocycles. The number of aromatic nitrogens is 1. The molecular weight excluding hydrogens is 662 g/mol. The standard InChI is InChI=1S/C33H28BrN3O7S/c1-5-43-32(39)27-28(20-9-7-6-8-10-20)36-33-37(29(27)21-11-12-23(40-2)24(18-21)41-3)31(38)26(45-33)17-19-15-22(34)30(44-14-13-35)25(16-19)42-4/h6-12,15-18,29H,5,14H2,1-4H3/b26-17-/t29-/m0/s1. The molecule has 0 fully saturated rings. The number of benzene rings is 3. The highest BCUT2D eigenvalue weighted by Crippen LogP contribution is 2.39. The smallest absolute Gasteiger partial charge is 0.338 e. The van der Waals surface area contributed by atoms with Gasteiger partial charge >= 0.3 is 5.97 Å². The van der Waals surface area contributed by atoms with Crippen LogP contribution in [0, 0.1) is 11.3 Å². The number of halogens is 1. The Balaban J connectivity index is 1.80. The first-order chi connectivity index (χ1) is 21.8. The lowest BCUT2D eigenvalue weighted by atomic mass is 9.93. The van der Waals surface area contributed by atoms with E-state index in [0.29, 0.717) is 59.2 Å². The summed E-state index contributed by atoms with van der Waals surface area (Å²) >= 11 is 4.67. The summed E-state index contributed by atoms with van der Waals surface area (Å²) in [6.45, 7) is 1.71. The van der Waals surface area contributed by atoms with E-state index in [2.05, 4.69) is 15.9 Å². The summed E-state index contributed by atoms with van der Waals surface area (Å²) in [5, 5.41) is 8.95. The summed E-state index contributed by atoms with van der Waals surface area (Å²) in [7, 11) is 4.55. The molecule has 45 heavy (non-hydrogen) atoms. The summed E-state index contributed by atoms with van der Waals surface area (Å²) in [6.07, 6.45) is 1.72. The Morgan fingerprint density at radius 3 is 2.44 bits per heavy atom. The number of thiazole rings is 1. The number of methoxy groups -OCH3 is 3. The zero-order valence-electron chi connectivity index (χ0n) is 24.8. The molecule has 4 aromatic rings. The van der Waals surface area contributed by atoms with Crippen molar-refractivity contribution in [3.63, 3.8) is 0 Å². The molecule has 0 amide bonds. The van der Waals surface area contributed by atoms with E-state index in [4.69, 9.17) is 33.9 Å². The minimum Gasteiger partial charge on any atom is -0.493 e. The summed E-state index contributed by atoms with van der Waals surface area (Å²) in [5.41, 5.74) is 2.22. The van der Waals surface area contributed by atoms with Gasteiger partial charge in [-0.25, -0.2) is 9.79 Å². The van der Waals surface area contributed by atoms with Gasteiger partial charge in [-0.1, -0.05) is 47.7 Å². The van der Waals surface area contributed by atoms with Crippen molar-refractivity contribution in [3.8, 4) is 29.1 Å². The zero-order valence-corrected chi connectivity index (χ0v) is 27.2. The van der Waals surface area contributed by atoms with E-state index in [-0.39, 0.29) is 24.3 Å². The quantitative estimate of drug-likeness (QED) is 0.221. The SMILES string of the molecule is CCOC(=O)C1=C(c2ccccc2)N=c2s/c(=C\c3cc(Br)c(OCC#N)c(OC)c3)c(=O)n2[C@H]1c1ccc(OC)c(OC)c1. The number of esters is 1. The Kier molecular flexibility index (Phi) is 9.71. The van der Waals surface area contributed by atoms with Gasteiger partial charge in [-0.2, -0.15) is 5.26 Å². The van der Waals surface area contributed by atoms with E-state index in [1.807, 2.05) is 36.4 Å². The maximum atomic E-state index is 14.2. The van der Waals surface area contributed by atoms with Gasteiger partial charge in [-0.05, 0) is 64.3 Å². The fraction of sp³-hybridized carbons (Fsp3) is 0.212. The van der Waals surface area contributed by atoms with Crippen molar-refractivity contribution < 1.29 is 28.5 Å². The molecule has 0 saturated carbocycles. The van der Waals surface area contributed by atoms with Crippen molar-refractivity contribution in [1.82, 2.24) is 4.57 Å². The third-order valence-electron chi connectivity index (χ3n) is 6.93. The minimum absolute atomic E-state index is 0.137. The van der Waals surface area contributed by atoms with Crippen LogP contribution in [0.15, 0.2) is 80.5 Å². The Bertz CT molecular complexity index is 2010. The van der Waals surface area contributed by atoms with Gasteiger partial charge in [0.1, 0.15) is 6.07 Å². The Morgan fingerprint density at radius 2 is 1.78 bits per heavy atom. The molecule has 0 N–H and O–H groups in total. The van der Waals surface area contributed by atoms with E-state index in [1.165, 1.54) is 37.2 Å². The van der Waals surface area contributed by atoms with Crippen LogP contribution in [0.2, 0.25) is 0 Å². The number of hydrogen-bond acceptors (Lipinski definition) is 10. The van der Waals surface area contributed by atoms with Crippen molar-refractivity contribution in [2.45, 2.75) is 13.0 Å². The maximum Gasteiger partial charge on any atom is 0.338 e. The highest BCUT2D eigenvalue weighted by molar-refractivity contribution is 9.10. The van der Waals surface area contributed by atoms with Crippen LogP contribution >= 0.6 is 27.3 Å². The molecular formula is C33H28BrN3O7S. The summed E-state index contributed by atoms with van der Waals surface area (Å²) in [6, 6.07) is 19.1. The van der Waals surface area contributed by atoms with Crippen LogP contribution in [-0.2, 0) is 9.53 Å². The van der Waals surface area contributed by atoms with Crippen molar-refractivity contribution in [1.29, 1.82) is 5.26 Å². The van der Waals surface area contributed by atoms with Gasteiger partial charge in [-0.3, -0.25) is 9.36 Å². The Morgan fingerprint density at radius 1 is 1.04 bits per heavy atom. The first-order valence-electron chi connectivity index (χ1n) is 13.7. The molecule has 1 aliphatic heterocycles. The average Bonchev–Trinajstić information content (AvgIpc) is 3.37. The molecule has 1 atom stereocenters. The van der Waals surface area contributed by atoms with Crippen LogP contribution in [0.5, 0.6) is 23.0 Å². The Hall–Kier alpha value is -4.86. The lowest BCUT2D eigenvalue weighted by Gasteiger charge is -2.26. The number of rotatable bonds is 10. The first-order valence-corrected chi connectivity index (χ1v) is 15.3. The molecule has 0 radical (unpaired) electrons. The van der Waals surface area contributed by atoms with E-state index in [1.54, 1.807) is 43.3 Å². The maximum absolute atomic E-state index is 14.2. The molecule has 1 aliphatic rings. The largest absolute Gasteiger partial charge is 0.493 e. The molecule has 1 aromatic heterocycles. The van der Waals surface area contributed by atoms with Gasteiger partial charge in [0.25, 0.3) is 5.56 Å². The van der Waals surface area contributed by atoms with Gasteiger partial charge in [0.15, 0.2) is 34.4 Å². The van der Waals surface area contributed by atoms with Gasteiger partial charge in [-0.15, -0.1) is 0 Å². The normalized spacial score (nSPS) is 14.2. The van der Waals surface area contributed by atoms with Crippen molar-refractivity contribution in [2.75, 3.05) is 34.5 Å². The molecule has 2 heterocycles. The monoisotopic (exact) mass is 689 g/mol. The number of fused-ring (bicyclic) bond motifs is 1. The topological polar surface area (TPSA) is 121 Å². The average molecular weight is 691 g/mol. The zero-order chi connectivity index (χ0) is 32.1. The van der Waals surface area contributed by atoms with Crippen LogP contribution in [0.3, 0.4) is 0 Å². The van der Waals surface area contributed by atoms with Gasteiger partial charge in [0, 0.05) is 5.56 Å². The number of ether oxygens (including phenoxy) is 5. The lowest BCUT2D eigenvalue weighted by Crippen LogP contribution is -2.40. The highest BCUT2D eigenvalue weighted by Gasteiger charge is 2.35. The number of carbonyl (C=O) groups is 1. The third-order valence-corrected chi connectivity index (χ3v) is 8.50. The molecule has 12 heteroatoms.